The van der Waals surface area contributed by atoms with Crippen LogP contribution in [-0.4, -0.2) is 17.2 Å². The smallest absolute Gasteiger partial charge is 0.291 e. The maximum Gasteiger partial charge on any atom is 0.291 e. The second-order valence-corrected chi connectivity index (χ2v) is 9.21. The van der Waals surface area contributed by atoms with Gasteiger partial charge in [-0.25, -0.2) is 0 Å². The van der Waals surface area contributed by atoms with E-state index in [1.807, 2.05) is 19.1 Å². The Balaban J connectivity index is 2.35. The third kappa shape index (κ3) is 5.14. The molecule has 2 aromatic carbocycles. The summed E-state index contributed by atoms with van der Waals surface area (Å²) in [5.41, 5.74) is 2.57. The van der Waals surface area contributed by atoms with Gasteiger partial charge < -0.3 is 4.74 Å². The van der Waals surface area contributed by atoms with Crippen LogP contribution in [0.5, 0.6) is 5.75 Å². The molecular formula is C24H33NO3. The molecule has 0 aliphatic rings. The fraction of sp³-hybridized carbons (Fsp3) is 0.458. The highest BCUT2D eigenvalue weighted by atomic mass is 16.5. The third-order valence-corrected chi connectivity index (χ3v) is 4.78. The van der Waals surface area contributed by atoms with Crippen molar-refractivity contribution in [1.29, 1.82) is 0 Å². The zero-order valence-electron chi connectivity index (χ0n) is 18.1. The van der Waals surface area contributed by atoms with Gasteiger partial charge >= 0.3 is 0 Å². The van der Waals surface area contributed by atoms with Crippen LogP contribution >= 0.6 is 0 Å². The van der Waals surface area contributed by atoms with Crippen molar-refractivity contribution in [2.75, 3.05) is 5.06 Å². The van der Waals surface area contributed by atoms with Gasteiger partial charge in [0.05, 0.1) is 5.69 Å². The molecule has 0 radical (unpaired) electrons. The number of nitrogens with zero attached hydrogens (tertiary/aromatic N) is 1. The van der Waals surface area contributed by atoms with Crippen molar-refractivity contribution in [3.8, 4) is 5.75 Å². The van der Waals surface area contributed by atoms with Crippen molar-refractivity contribution in [1.82, 2.24) is 0 Å². The van der Waals surface area contributed by atoms with E-state index in [2.05, 4.69) is 53.7 Å². The second-order valence-electron chi connectivity index (χ2n) is 9.21. The number of rotatable bonds is 5. The standard InChI is InChI=1S/C24H33NO3/c1-8-20(22(26)25(27)18-12-10-9-11-13-18)28-21-15-14-17(23(2,3)4)16-19(21)24(5,6)7/h9-16,20,27H,8H2,1-7H3. The molecule has 4 heteroatoms. The summed E-state index contributed by atoms with van der Waals surface area (Å²) < 4.78 is 6.14. The maximum absolute atomic E-state index is 12.8. The van der Waals surface area contributed by atoms with Gasteiger partial charge in [-0.15, -0.1) is 0 Å². The molecule has 1 unspecified atom stereocenters. The van der Waals surface area contributed by atoms with Crippen molar-refractivity contribution in [3.05, 3.63) is 59.7 Å². The van der Waals surface area contributed by atoms with Crippen molar-refractivity contribution in [2.24, 2.45) is 0 Å². The number of hydrogen-bond acceptors (Lipinski definition) is 3. The molecule has 28 heavy (non-hydrogen) atoms. The maximum atomic E-state index is 12.8. The molecule has 0 aliphatic heterocycles. The quantitative estimate of drug-likeness (QED) is 0.519. The van der Waals surface area contributed by atoms with E-state index in [0.29, 0.717) is 22.9 Å². The first-order chi connectivity index (χ1) is 12.9. The Kier molecular flexibility index (Phi) is 6.56. The number of hydrogen-bond donors (Lipinski definition) is 1. The van der Waals surface area contributed by atoms with Crippen LogP contribution in [0, 0.1) is 0 Å². The number of hydroxylamine groups is 1. The van der Waals surface area contributed by atoms with Crippen LogP contribution in [0.3, 0.4) is 0 Å². The fourth-order valence-electron chi connectivity index (χ4n) is 2.98. The van der Waals surface area contributed by atoms with Gasteiger partial charge in [-0.2, -0.15) is 5.06 Å². The van der Waals surface area contributed by atoms with Crippen LogP contribution in [0.15, 0.2) is 48.5 Å². The Morgan fingerprint density at radius 3 is 2.11 bits per heavy atom. The van der Waals surface area contributed by atoms with E-state index in [9.17, 15) is 10.0 Å². The number of benzene rings is 2. The van der Waals surface area contributed by atoms with Crippen molar-refractivity contribution in [3.63, 3.8) is 0 Å². The van der Waals surface area contributed by atoms with Gasteiger partial charge in [0, 0.05) is 0 Å². The van der Waals surface area contributed by atoms with E-state index in [1.165, 1.54) is 5.56 Å². The lowest BCUT2D eigenvalue weighted by Gasteiger charge is -2.29. The Bertz CT molecular complexity index is 801. The highest BCUT2D eigenvalue weighted by Crippen LogP contribution is 2.36. The number of para-hydroxylation sites is 1. The third-order valence-electron chi connectivity index (χ3n) is 4.78. The minimum absolute atomic E-state index is 0.0215. The average molecular weight is 384 g/mol. The molecule has 4 nitrogen and oxygen atoms in total. The van der Waals surface area contributed by atoms with E-state index in [0.717, 1.165) is 5.56 Å². The monoisotopic (exact) mass is 383 g/mol. The summed E-state index contributed by atoms with van der Waals surface area (Å²) in [4.78, 5) is 12.8. The predicted octanol–water partition coefficient (Wildman–Crippen LogP) is 5.86. The Labute approximate surface area is 169 Å². The van der Waals surface area contributed by atoms with Crippen LogP contribution in [0.1, 0.15) is 66.0 Å². The second kappa shape index (κ2) is 8.36. The summed E-state index contributed by atoms with van der Waals surface area (Å²) in [5.74, 6) is 0.204. The first-order valence-corrected chi connectivity index (χ1v) is 9.84. The number of amides is 1. The number of ether oxygens (including phenoxy) is 1. The molecule has 0 fully saturated rings. The molecule has 0 bridgehead atoms. The molecule has 152 valence electrons. The first kappa shape index (κ1) is 22.0. The minimum atomic E-state index is -0.771. The number of anilines is 1. The van der Waals surface area contributed by atoms with Gasteiger partial charge in [0.1, 0.15) is 5.75 Å². The van der Waals surface area contributed by atoms with Gasteiger partial charge in [-0.05, 0) is 46.6 Å². The van der Waals surface area contributed by atoms with Crippen LogP contribution < -0.4 is 9.80 Å². The van der Waals surface area contributed by atoms with Gasteiger partial charge in [0.25, 0.3) is 5.91 Å². The van der Waals surface area contributed by atoms with E-state index in [-0.39, 0.29) is 10.8 Å². The van der Waals surface area contributed by atoms with E-state index >= 15 is 0 Å². The summed E-state index contributed by atoms with van der Waals surface area (Å²) in [6.45, 7) is 14.8. The van der Waals surface area contributed by atoms with Gasteiger partial charge in [0.15, 0.2) is 6.10 Å². The first-order valence-electron chi connectivity index (χ1n) is 9.84. The Morgan fingerprint density at radius 1 is 1.00 bits per heavy atom. The van der Waals surface area contributed by atoms with E-state index < -0.39 is 12.0 Å². The van der Waals surface area contributed by atoms with Crippen molar-refractivity contribution in [2.45, 2.75) is 71.8 Å². The van der Waals surface area contributed by atoms with Gasteiger partial charge in [-0.1, -0.05) is 78.8 Å². The Hall–Kier alpha value is -2.33. The molecule has 0 spiro atoms. The Morgan fingerprint density at radius 2 is 1.61 bits per heavy atom. The molecule has 0 saturated heterocycles. The topological polar surface area (TPSA) is 49.8 Å². The highest BCUT2D eigenvalue weighted by Gasteiger charge is 2.28. The van der Waals surface area contributed by atoms with Crippen LogP contribution in [0.4, 0.5) is 5.69 Å². The molecule has 0 saturated carbocycles. The highest BCUT2D eigenvalue weighted by molar-refractivity contribution is 5.94. The lowest BCUT2D eigenvalue weighted by Crippen LogP contribution is -2.40. The van der Waals surface area contributed by atoms with Crippen LogP contribution in [-0.2, 0) is 15.6 Å². The molecule has 0 aliphatic carbocycles. The predicted molar refractivity (Wildman–Crippen MR) is 114 cm³/mol. The lowest BCUT2D eigenvalue weighted by molar-refractivity contribution is -0.130. The number of carbonyl (C=O) groups is 1. The van der Waals surface area contributed by atoms with Crippen LogP contribution in [0.25, 0.3) is 0 Å². The molecule has 2 aromatic rings. The van der Waals surface area contributed by atoms with Crippen LogP contribution in [0.2, 0.25) is 0 Å². The van der Waals surface area contributed by atoms with Crippen molar-refractivity contribution < 1.29 is 14.7 Å². The summed E-state index contributed by atoms with van der Waals surface area (Å²) in [5, 5.41) is 11.0. The molecule has 2 rings (SSSR count). The van der Waals surface area contributed by atoms with Crippen molar-refractivity contribution >= 4 is 11.6 Å². The summed E-state index contributed by atoms with van der Waals surface area (Å²) in [6.07, 6.45) is -0.320. The summed E-state index contributed by atoms with van der Waals surface area (Å²) >= 11 is 0. The molecule has 0 aromatic heterocycles. The number of carbonyl (C=O) groups excluding carboxylic acids is 1. The average Bonchev–Trinajstić information content (AvgIpc) is 2.64. The zero-order chi connectivity index (χ0) is 21.1. The molecular weight excluding hydrogens is 350 g/mol. The molecule has 1 atom stereocenters. The molecule has 1 amide bonds. The molecule has 0 heterocycles. The fourth-order valence-corrected chi connectivity index (χ4v) is 2.98. The zero-order valence-corrected chi connectivity index (χ0v) is 18.1. The SMILES string of the molecule is CCC(Oc1ccc(C(C)(C)C)cc1C(C)(C)C)C(=O)N(O)c1ccccc1. The lowest BCUT2D eigenvalue weighted by atomic mass is 9.80. The van der Waals surface area contributed by atoms with Gasteiger partial charge in [0.2, 0.25) is 0 Å². The molecule has 1 N–H and O–H groups in total. The minimum Gasteiger partial charge on any atom is -0.480 e. The summed E-state index contributed by atoms with van der Waals surface area (Å²) in [7, 11) is 0. The normalized spacial score (nSPS) is 13.1. The van der Waals surface area contributed by atoms with Gasteiger partial charge in [-0.3, -0.25) is 10.0 Å². The van der Waals surface area contributed by atoms with E-state index in [1.54, 1.807) is 24.3 Å². The van der Waals surface area contributed by atoms with E-state index in [4.69, 9.17) is 4.74 Å². The summed E-state index contributed by atoms with van der Waals surface area (Å²) in [6, 6.07) is 14.9. The largest absolute Gasteiger partial charge is 0.480 e.